The summed E-state index contributed by atoms with van der Waals surface area (Å²) in [6.45, 7) is 3.73. The number of methoxy groups -OCH3 is 1. The van der Waals surface area contributed by atoms with Gasteiger partial charge in [-0.2, -0.15) is 0 Å². The third-order valence-electron chi connectivity index (χ3n) is 3.14. The number of carbonyl (C=O) groups is 1. The van der Waals surface area contributed by atoms with Crippen molar-refractivity contribution in [3.63, 3.8) is 0 Å². The molecule has 0 amide bonds. The molecule has 0 aliphatic rings. The molecule has 104 valence electrons. The van der Waals surface area contributed by atoms with Crippen molar-refractivity contribution in [3.8, 4) is 5.75 Å². The minimum atomic E-state index is 0.0518. The fourth-order valence-corrected chi connectivity index (χ4v) is 3.05. The Hall–Kier alpha value is -1.74. The van der Waals surface area contributed by atoms with E-state index in [0.29, 0.717) is 10.8 Å². The van der Waals surface area contributed by atoms with Gasteiger partial charge in [-0.15, -0.1) is 11.8 Å². The SMILES string of the molecule is COc1cc(C(C)=O)ccc1SC(C)c1ccccc1. The second-order valence-electron chi connectivity index (χ2n) is 4.59. The number of ketones is 1. The van der Waals surface area contributed by atoms with Gasteiger partial charge in [-0.1, -0.05) is 36.4 Å². The van der Waals surface area contributed by atoms with Crippen molar-refractivity contribution in [1.82, 2.24) is 0 Å². The molecule has 0 radical (unpaired) electrons. The number of hydrogen-bond acceptors (Lipinski definition) is 3. The molecule has 0 aliphatic carbocycles. The van der Waals surface area contributed by atoms with Crippen molar-refractivity contribution >= 4 is 17.5 Å². The van der Waals surface area contributed by atoms with Crippen LogP contribution in [0, 0.1) is 0 Å². The van der Waals surface area contributed by atoms with E-state index in [1.807, 2.05) is 36.4 Å². The quantitative estimate of drug-likeness (QED) is 0.586. The zero-order chi connectivity index (χ0) is 14.5. The van der Waals surface area contributed by atoms with Crippen LogP contribution in [0.3, 0.4) is 0 Å². The lowest BCUT2D eigenvalue weighted by molar-refractivity contribution is 0.101. The number of hydrogen-bond donors (Lipinski definition) is 0. The van der Waals surface area contributed by atoms with Crippen molar-refractivity contribution in [2.45, 2.75) is 24.0 Å². The Bertz CT molecular complexity index is 593. The molecule has 1 unspecified atom stereocenters. The average Bonchev–Trinajstić information content (AvgIpc) is 2.48. The van der Waals surface area contributed by atoms with Gasteiger partial charge in [-0.05, 0) is 31.5 Å². The van der Waals surface area contributed by atoms with Crippen LogP contribution in [0.25, 0.3) is 0 Å². The Morgan fingerprint density at radius 2 is 1.85 bits per heavy atom. The first-order valence-corrected chi connectivity index (χ1v) is 7.40. The number of thioether (sulfide) groups is 1. The minimum absolute atomic E-state index is 0.0518. The molecule has 1 atom stereocenters. The van der Waals surface area contributed by atoms with Gasteiger partial charge in [0.15, 0.2) is 5.78 Å². The largest absolute Gasteiger partial charge is 0.496 e. The Morgan fingerprint density at radius 1 is 1.15 bits per heavy atom. The number of ether oxygens (including phenoxy) is 1. The lowest BCUT2D eigenvalue weighted by Crippen LogP contribution is -1.96. The molecule has 3 heteroatoms. The Morgan fingerprint density at radius 3 is 2.45 bits per heavy atom. The van der Waals surface area contributed by atoms with Gasteiger partial charge in [-0.3, -0.25) is 4.79 Å². The predicted octanol–water partition coefficient (Wildman–Crippen LogP) is 4.75. The summed E-state index contributed by atoms with van der Waals surface area (Å²) < 4.78 is 5.40. The van der Waals surface area contributed by atoms with Crippen LogP contribution in [0.15, 0.2) is 53.4 Å². The van der Waals surface area contributed by atoms with Crippen LogP contribution >= 0.6 is 11.8 Å². The molecule has 0 aromatic heterocycles. The first-order chi connectivity index (χ1) is 9.61. The second kappa shape index (κ2) is 6.62. The molecule has 0 fully saturated rings. The zero-order valence-electron chi connectivity index (χ0n) is 11.9. The second-order valence-corrected chi connectivity index (χ2v) is 5.98. The van der Waals surface area contributed by atoms with E-state index < -0.39 is 0 Å². The third-order valence-corrected chi connectivity index (χ3v) is 4.36. The van der Waals surface area contributed by atoms with E-state index in [1.165, 1.54) is 5.56 Å². The fraction of sp³-hybridized carbons (Fsp3) is 0.235. The Balaban J connectivity index is 2.23. The molecular weight excluding hydrogens is 268 g/mol. The monoisotopic (exact) mass is 286 g/mol. The molecular formula is C17H18O2S. The highest BCUT2D eigenvalue weighted by Gasteiger charge is 2.12. The fourth-order valence-electron chi connectivity index (χ4n) is 1.97. The van der Waals surface area contributed by atoms with E-state index in [9.17, 15) is 4.79 Å². The van der Waals surface area contributed by atoms with Crippen molar-refractivity contribution in [2.24, 2.45) is 0 Å². The lowest BCUT2D eigenvalue weighted by atomic mass is 10.1. The average molecular weight is 286 g/mol. The molecule has 0 heterocycles. The van der Waals surface area contributed by atoms with Gasteiger partial charge in [0.1, 0.15) is 5.75 Å². The van der Waals surface area contributed by atoms with Crippen molar-refractivity contribution in [2.75, 3.05) is 7.11 Å². The van der Waals surface area contributed by atoms with Crippen molar-refractivity contribution in [1.29, 1.82) is 0 Å². The summed E-state index contributed by atoms with van der Waals surface area (Å²) in [5.41, 5.74) is 1.95. The number of carbonyl (C=O) groups excluding carboxylic acids is 1. The molecule has 0 saturated carbocycles. The maximum atomic E-state index is 11.4. The molecule has 2 aromatic rings. The standard InChI is InChI=1S/C17H18O2S/c1-12(18)15-9-10-17(16(11-15)19-3)20-13(2)14-7-5-4-6-8-14/h4-11,13H,1-3H3. The highest BCUT2D eigenvalue weighted by atomic mass is 32.2. The van der Waals surface area contributed by atoms with Crippen molar-refractivity contribution < 1.29 is 9.53 Å². The smallest absolute Gasteiger partial charge is 0.159 e. The Labute approximate surface area is 124 Å². The summed E-state index contributed by atoms with van der Waals surface area (Å²) in [6, 6.07) is 16.0. The summed E-state index contributed by atoms with van der Waals surface area (Å²) in [5, 5.41) is 0.327. The van der Waals surface area contributed by atoms with Gasteiger partial charge < -0.3 is 4.74 Å². The van der Waals surface area contributed by atoms with Crippen LogP contribution in [-0.4, -0.2) is 12.9 Å². The van der Waals surface area contributed by atoms with E-state index >= 15 is 0 Å². The molecule has 2 nitrogen and oxygen atoms in total. The van der Waals surface area contributed by atoms with Gasteiger partial charge in [0, 0.05) is 15.7 Å². The van der Waals surface area contributed by atoms with Gasteiger partial charge >= 0.3 is 0 Å². The molecule has 2 aromatic carbocycles. The minimum Gasteiger partial charge on any atom is -0.496 e. The summed E-state index contributed by atoms with van der Waals surface area (Å²) in [7, 11) is 1.64. The molecule has 0 N–H and O–H groups in total. The number of Topliss-reactive ketones (excluding diaryl/α,β-unsaturated/α-hetero) is 1. The van der Waals surface area contributed by atoms with Crippen LogP contribution < -0.4 is 4.74 Å². The van der Waals surface area contributed by atoms with Crippen LogP contribution in [0.1, 0.15) is 35.0 Å². The van der Waals surface area contributed by atoms with Crippen molar-refractivity contribution in [3.05, 3.63) is 59.7 Å². The maximum Gasteiger partial charge on any atom is 0.159 e. The van der Waals surface area contributed by atoms with E-state index in [4.69, 9.17) is 4.74 Å². The van der Waals surface area contributed by atoms with Gasteiger partial charge in [0.2, 0.25) is 0 Å². The highest BCUT2D eigenvalue weighted by molar-refractivity contribution is 7.99. The van der Waals surface area contributed by atoms with Gasteiger partial charge in [0.25, 0.3) is 0 Å². The number of rotatable bonds is 5. The summed E-state index contributed by atoms with van der Waals surface area (Å²) in [6.07, 6.45) is 0. The topological polar surface area (TPSA) is 26.3 Å². The summed E-state index contributed by atoms with van der Waals surface area (Å²) in [5.74, 6) is 0.807. The lowest BCUT2D eigenvalue weighted by Gasteiger charge is -2.14. The summed E-state index contributed by atoms with van der Waals surface area (Å²) in [4.78, 5) is 12.5. The van der Waals surface area contributed by atoms with E-state index in [2.05, 4.69) is 19.1 Å². The number of benzene rings is 2. The molecule has 0 saturated heterocycles. The third kappa shape index (κ3) is 3.42. The van der Waals surface area contributed by atoms with Crippen LogP contribution in [0.5, 0.6) is 5.75 Å². The molecule has 20 heavy (non-hydrogen) atoms. The molecule has 0 aliphatic heterocycles. The highest BCUT2D eigenvalue weighted by Crippen LogP contribution is 2.39. The predicted molar refractivity (Wildman–Crippen MR) is 83.7 cm³/mol. The first kappa shape index (κ1) is 14.7. The maximum absolute atomic E-state index is 11.4. The van der Waals surface area contributed by atoms with E-state index in [-0.39, 0.29) is 5.78 Å². The normalized spacial score (nSPS) is 11.9. The Kier molecular flexibility index (Phi) is 4.85. The van der Waals surface area contributed by atoms with Crippen LogP contribution in [0.2, 0.25) is 0 Å². The molecule has 0 bridgehead atoms. The van der Waals surface area contributed by atoms with Crippen LogP contribution in [0.4, 0.5) is 0 Å². The van der Waals surface area contributed by atoms with Crippen LogP contribution in [-0.2, 0) is 0 Å². The molecule has 0 spiro atoms. The summed E-state index contributed by atoms with van der Waals surface area (Å²) >= 11 is 1.73. The van der Waals surface area contributed by atoms with E-state index in [0.717, 1.165) is 10.6 Å². The zero-order valence-corrected chi connectivity index (χ0v) is 12.7. The first-order valence-electron chi connectivity index (χ1n) is 6.52. The van der Waals surface area contributed by atoms with Gasteiger partial charge in [0.05, 0.1) is 7.11 Å². The molecule has 2 rings (SSSR count). The van der Waals surface area contributed by atoms with Gasteiger partial charge in [-0.25, -0.2) is 0 Å². The van der Waals surface area contributed by atoms with E-state index in [1.54, 1.807) is 25.8 Å².